The quantitative estimate of drug-likeness (QED) is 0.533. The summed E-state index contributed by atoms with van der Waals surface area (Å²) in [6.45, 7) is 10.3. The van der Waals surface area contributed by atoms with Crippen LogP contribution in [-0.4, -0.2) is 0 Å². The second-order valence-corrected chi connectivity index (χ2v) is 4.03. The first-order chi connectivity index (χ1) is 9.77. The fourth-order valence-electron chi connectivity index (χ4n) is 1.28. The topological polar surface area (TPSA) is 24.7 Å². The van der Waals surface area contributed by atoms with Crippen molar-refractivity contribution in [1.82, 2.24) is 0 Å². The monoisotopic (exact) mass is 270 g/mol. The molecule has 0 N–H and O–H groups in total. The minimum Gasteiger partial charge on any atom is -0.151 e. The number of hydrogen-bond donors (Lipinski definition) is 0. The van der Waals surface area contributed by atoms with Gasteiger partial charge in [0.05, 0.1) is 11.4 Å². The van der Waals surface area contributed by atoms with E-state index in [2.05, 4.69) is 24.1 Å². The Morgan fingerprint density at radius 3 is 1.80 bits per heavy atom. The van der Waals surface area contributed by atoms with Gasteiger partial charge >= 0.3 is 0 Å². The highest BCUT2D eigenvalue weighted by Gasteiger charge is 1.93. The molecular formula is C18H26N2. The molecule has 0 amide bonds. The number of hydrogen-bond acceptors (Lipinski definition) is 2. The predicted molar refractivity (Wildman–Crippen MR) is 89.1 cm³/mol. The standard InChI is InChI=1S/C13H12N2.C3H8.C2H6/c1-11-7-5-6-10-13(11)15-14-12-8-3-2-4-9-12;1-3-2;1-2/h2-10H,1H3;3H2,1-2H3;1-2H3. The summed E-state index contributed by atoms with van der Waals surface area (Å²) in [5.41, 5.74) is 2.93. The molecule has 0 fully saturated rings. The van der Waals surface area contributed by atoms with E-state index in [1.165, 1.54) is 6.42 Å². The molecule has 2 aromatic rings. The Balaban J connectivity index is 0.000000641. The largest absolute Gasteiger partial charge is 0.151 e. The molecule has 108 valence electrons. The lowest BCUT2D eigenvalue weighted by Crippen LogP contribution is -1.70. The summed E-state index contributed by atoms with van der Waals surface area (Å²) in [7, 11) is 0. The molecule has 0 bridgehead atoms. The van der Waals surface area contributed by atoms with Crippen LogP contribution in [0.5, 0.6) is 0 Å². The molecule has 0 aliphatic heterocycles. The van der Waals surface area contributed by atoms with Gasteiger partial charge in [-0.3, -0.25) is 0 Å². The van der Waals surface area contributed by atoms with Gasteiger partial charge in [0.25, 0.3) is 0 Å². The van der Waals surface area contributed by atoms with Crippen LogP contribution in [0, 0.1) is 6.92 Å². The molecule has 20 heavy (non-hydrogen) atoms. The minimum atomic E-state index is 0.876. The zero-order chi connectivity index (χ0) is 15.2. The first kappa shape index (κ1) is 18.0. The minimum absolute atomic E-state index is 0.876. The lowest BCUT2D eigenvalue weighted by Gasteiger charge is -1.96. The summed E-state index contributed by atoms with van der Waals surface area (Å²) in [6.07, 6.45) is 1.25. The zero-order valence-corrected chi connectivity index (χ0v) is 13.3. The molecule has 0 saturated carbocycles. The molecular weight excluding hydrogens is 244 g/mol. The van der Waals surface area contributed by atoms with Gasteiger partial charge in [0.1, 0.15) is 0 Å². The predicted octanol–water partition coefficient (Wildman–Crippen LogP) is 6.85. The molecule has 0 radical (unpaired) electrons. The van der Waals surface area contributed by atoms with Gasteiger partial charge < -0.3 is 0 Å². The van der Waals surface area contributed by atoms with E-state index in [0.29, 0.717) is 0 Å². The lowest BCUT2D eigenvalue weighted by molar-refractivity contribution is 1.09. The third-order valence-electron chi connectivity index (χ3n) is 2.14. The molecule has 2 heteroatoms. The first-order valence-electron chi connectivity index (χ1n) is 7.30. The van der Waals surface area contributed by atoms with Crippen LogP contribution in [-0.2, 0) is 0 Å². The summed E-state index contributed by atoms with van der Waals surface area (Å²) in [6, 6.07) is 17.7. The van der Waals surface area contributed by atoms with Gasteiger partial charge in [-0.25, -0.2) is 0 Å². The van der Waals surface area contributed by atoms with Crippen LogP contribution < -0.4 is 0 Å². The Morgan fingerprint density at radius 2 is 1.25 bits per heavy atom. The fraction of sp³-hybridized carbons (Fsp3) is 0.333. The molecule has 0 aliphatic rings. The summed E-state index contributed by atoms with van der Waals surface area (Å²) >= 11 is 0. The van der Waals surface area contributed by atoms with Crippen molar-refractivity contribution in [3.8, 4) is 0 Å². The second-order valence-electron chi connectivity index (χ2n) is 4.03. The molecule has 0 aromatic heterocycles. The average molecular weight is 270 g/mol. The SMILES string of the molecule is CC.CCC.Cc1ccccc1N=Nc1ccccc1. The molecule has 0 spiro atoms. The van der Waals surface area contributed by atoms with E-state index in [4.69, 9.17) is 0 Å². The van der Waals surface area contributed by atoms with Crippen molar-refractivity contribution < 1.29 is 0 Å². The molecule has 0 atom stereocenters. The number of rotatable bonds is 2. The van der Waals surface area contributed by atoms with Gasteiger partial charge in [-0.05, 0) is 30.7 Å². The number of azo groups is 1. The van der Waals surface area contributed by atoms with Crippen LogP contribution in [0.3, 0.4) is 0 Å². The van der Waals surface area contributed by atoms with E-state index in [-0.39, 0.29) is 0 Å². The van der Waals surface area contributed by atoms with Crippen LogP contribution in [0.15, 0.2) is 64.8 Å². The van der Waals surface area contributed by atoms with Crippen molar-refractivity contribution in [3.63, 3.8) is 0 Å². The Labute approximate surface area is 123 Å². The number of benzene rings is 2. The third-order valence-corrected chi connectivity index (χ3v) is 2.14. The highest BCUT2D eigenvalue weighted by Crippen LogP contribution is 2.20. The second kappa shape index (κ2) is 12.1. The maximum absolute atomic E-state index is 4.20. The Hall–Kier alpha value is -1.96. The maximum atomic E-state index is 4.20. The number of nitrogens with zero attached hydrogens (tertiary/aromatic N) is 2. The molecule has 0 heterocycles. The Kier molecular flexibility index (Phi) is 10.9. The van der Waals surface area contributed by atoms with Gasteiger partial charge in [0, 0.05) is 0 Å². The van der Waals surface area contributed by atoms with E-state index >= 15 is 0 Å². The first-order valence-corrected chi connectivity index (χ1v) is 7.30. The fourth-order valence-corrected chi connectivity index (χ4v) is 1.28. The van der Waals surface area contributed by atoms with E-state index in [0.717, 1.165) is 16.9 Å². The van der Waals surface area contributed by atoms with Gasteiger partial charge in [0.15, 0.2) is 0 Å². The van der Waals surface area contributed by atoms with E-state index in [1.807, 2.05) is 75.4 Å². The van der Waals surface area contributed by atoms with E-state index in [9.17, 15) is 0 Å². The van der Waals surface area contributed by atoms with Crippen LogP contribution in [0.2, 0.25) is 0 Å². The van der Waals surface area contributed by atoms with E-state index < -0.39 is 0 Å². The molecule has 2 nitrogen and oxygen atoms in total. The summed E-state index contributed by atoms with van der Waals surface area (Å²) < 4.78 is 0. The van der Waals surface area contributed by atoms with Gasteiger partial charge in [-0.1, -0.05) is 70.5 Å². The van der Waals surface area contributed by atoms with Crippen molar-refractivity contribution in [2.45, 2.75) is 41.0 Å². The smallest absolute Gasteiger partial charge is 0.0886 e. The highest BCUT2D eigenvalue weighted by molar-refractivity contribution is 5.45. The normalized spacial score (nSPS) is 9.25. The van der Waals surface area contributed by atoms with Crippen LogP contribution >= 0.6 is 0 Å². The molecule has 0 unspecified atom stereocenters. The van der Waals surface area contributed by atoms with Crippen LogP contribution in [0.25, 0.3) is 0 Å². The lowest BCUT2D eigenvalue weighted by atomic mass is 10.2. The summed E-state index contributed by atoms with van der Waals surface area (Å²) in [5.74, 6) is 0. The van der Waals surface area contributed by atoms with Gasteiger partial charge in [-0.15, -0.1) is 0 Å². The van der Waals surface area contributed by atoms with Crippen LogP contribution in [0.1, 0.15) is 39.7 Å². The molecule has 2 aromatic carbocycles. The third kappa shape index (κ3) is 7.47. The molecule has 0 aliphatic carbocycles. The van der Waals surface area contributed by atoms with Crippen molar-refractivity contribution in [3.05, 3.63) is 60.2 Å². The average Bonchev–Trinajstić information content (AvgIpc) is 2.50. The van der Waals surface area contributed by atoms with Crippen molar-refractivity contribution >= 4 is 11.4 Å². The van der Waals surface area contributed by atoms with E-state index in [1.54, 1.807) is 0 Å². The Morgan fingerprint density at radius 1 is 0.750 bits per heavy atom. The van der Waals surface area contributed by atoms with Crippen LogP contribution in [0.4, 0.5) is 11.4 Å². The van der Waals surface area contributed by atoms with Gasteiger partial charge in [-0.2, -0.15) is 10.2 Å². The number of aryl methyl sites for hydroxylation is 1. The van der Waals surface area contributed by atoms with Gasteiger partial charge in [0.2, 0.25) is 0 Å². The summed E-state index contributed by atoms with van der Waals surface area (Å²) in [4.78, 5) is 0. The highest BCUT2D eigenvalue weighted by atomic mass is 15.1. The Bertz CT molecular complexity index is 476. The maximum Gasteiger partial charge on any atom is 0.0886 e. The molecule has 2 rings (SSSR count). The zero-order valence-electron chi connectivity index (χ0n) is 13.3. The van der Waals surface area contributed by atoms with Crippen molar-refractivity contribution in [2.75, 3.05) is 0 Å². The van der Waals surface area contributed by atoms with Crippen molar-refractivity contribution in [1.29, 1.82) is 0 Å². The van der Waals surface area contributed by atoms with Crippen molar-refractivity contribution in [2.24, 2.45) is 10.2 Å². The molecule has 0 saturated heterocycles. The summed E-state index contributed by atoms with van der Waals surface area (Å²) in [5, 5.41) is 8.36.